The van der Waals surface area contributed by atoms with Crippen LogP contribution in [0.2, 0.25) is 0 Å². The van der Waals surface area contributed by atoms with Gasteiger partial charge in [0.05, 0.1) is 12.2 Å². The van der Waals surface area contributed by atoms with Crippen molar-refractivity contribution in [3.05, 3.63) is 34.9 Å². The number of ether oxygens (including phenoxy) is 1. The van der Waals surface area contributed by atoms with Crippen molar-refractivity contribution in [1.29, 1.82) is 0 Å². The van der Waals surface area contributed by atoms with Crippen LogP contribution in [0.3, 0.4) is 0 Å². The minimum Gasteiger partial charge on any atom is -0.462 e. The first kappa shape index (κ1) is 13.7. The Balaban J connectivity index is 3.08. The number of alkyl halides is 1. The molecule has 1 aromatic carbocycles. The highest BCUT2D eigenvalue weighted by atomic mass is 35.5. The highest BCUT2D eigenvalue weighted by Crippen LogP contribution is 2.19. The number of halogens is 1. The molecule has 17 heavy (non-hydrogen) atoms. The van der Waals surface area contributed by atoms with Crippen LogP contribution < -0.4 is 0 Å². The number of carbonyl (C=O) groups excluding carboxylic acids is 2. The third-order valence-electron chi connectivity index (χ3n) is 2.42. The topological polar surface area (TPSA) is 43.4 Å². The van der Waals surface area contributed by atoms with Crippen LogP contribution in [-0.4, -0.2) is 18.9 Å². The molecule has 0 radical (unpaired) electrons. The molecule has 0 N–H and O–H groups in total. The van der Waals surface area contributed by atoms with Crippen molar-refractivity contribution in [2.24, 2.45) is 0 Å². The molecular formula is C13H15ClO3. The summed E-state index contributed by atoms with van der Waals surface area (Å²) in [6.45, 7) is 2.09. The van der Waals surface area contributed by atoms with Crippen molar-refractivity contribution in [2.45, 2.75) is 25.6 Å². The molecule has 0 aliphatic carbocycles. The predicted octanol–water partition coefficient (Wildman–Crippen LogP) is 2.73. The van der Waals surface area contributed by atoms with Crippen LogP contribution in [0.1, 0.15) is 34.8 Å². The maximum Gasteiger partial charge on any atom is 0.338 e. The Morgan fingerprint density at radius 3 is 2.82 bits per heavy atom. The second-order valence-corrected chi connectivity index (χ2v) is 3.77. The minimum absolute atomic E-state index is 0.321. The molecule has 3 nitrogen and oxygen atoms in total. The summed E-state index contributed by atoms with van der Waals surface area (Å²) in [5, 5.41) is 0. The van der Waals surface area contributed by atoms with Crippen LogP contribution in [0.4, 0.5) is 0 Å². The van der Waals surface area contributed by atoms with Crippen molar-refractivity contribution >= 4 is 23.9 Å². The number of hydrogen-bond donors (Lipinski definition) is 0. The molecule has 0 saturated heterocycles. The lowest BCUT2D eigenvalue weighted by molar-refractivity contribution is -0.107. The molecule has 0 fully saturated rings. The first-order valence-electron chi connectivity index (χ1n) is 5.52. The van der Waals surface area contributed by atoms with Crippen molar-refractivity contribution < 1.29 is 14.3 Å². The van der Waals surface area contributed by atoms with E-state index in [0.29, 0.717) is 30.9 Å². The summed E-state index contributed by atoms with van der Waals surface area (Å²) >= 11 is 5.82. The van der Waals surface area contributed by atoms with E-state index >= 15 is 0 Å². The van der Waals surface area contributed by atoms with E-state index in [4.69, 9.17) is 16.3 Å². The van der Waals surface area contributed by atoms with Crippen LogP contribution in [-0.2, 0) is 21.8 Å². The Kier molecular flexibility index (Phi) is 5.70. The van der Waals surface area contributed by atoms with Gasteiger partial charge in [0, 0.05) is 12.3 Å². The summed E-state index contributed by atoms with van der Waals surface area (Å²) < 4.78 is 4.98. The fraction of sp³-hybridized carbons (Fsp3) is 0.385. The Labute approximate surface area is 106 Å². The minimum atomic E-state index is -0.361. The summed E-state index contributed by atoms with van der Waals surface area (Å²) in [7, 11) is 0. The number of esters is 1. The normalized spacial score (nSPS) is 10.0. The van der Waals surface area contributed by atoms with Gasteiger partial charge in [-0.3, -0.25) is 0 Å². The van der Waals surface area contributed by atoms with Gasteiger partial charge in [-0.1, -0.05) is 12.1 Å². The van der Waals surface area contributed by atoms with Gasteiger partial charge in [0.2, 0.25) is 0 Å². The molecule has 0 unspecified atom stereocenters. The lowest BCUT2D eigenvalue weighted by Crippen LogP contribution is -2.10. The lowest BCUT2D eigenvalue weighted by atomic mass is 9.98. The first-order valence-corrected chi connectivity index (χ1v) is 6.05. The Morgan fingerprint density at radius 1 is 1.47 bits per heavy atom. The van der Waals surface area contributed by atoms with Gasteiger partial charge < -0.3 is 9.53 Å². The van der Waals surface area contributed by atoms with E-state index in [-0.39, 0.29) is 5.97 Å². The smallest absolute Gasteiger partial charge is 0.338 e. The molecule has 92 valence electrons. The average molecular weight is 255 g/mol. The number of benzene rings is 1. The second kappa shape index (κ2) is 7.07. The van der Waals surface area contributed by atoms with Crippen LogP contribution in [0, 0.1) is 0 Å². The zero-order valence-electron chi connectivity index (χ0n) is 9.74. The first-order chi connectivity index (χ1) is 8.24. The standard InChI is InChI=1S/C13H15ClO3/c1-2-17-13(16)12-6-3-5-10(9-14)11(12)7-4-8-15/h3,5-6,8H,2,4,7,9H2,1H3. The number of hydrogen-bond acceptors (Lipinski definition) is 3. The molecule has 0 heterocycles. The Hall–Kier alpha value is -1.35. The third kappa shape index (κ3) is 3.56. The van der Waals surface area contributed by atoms with Gasteiger partial charge in [-0.2, -0.15) is 0 Å². The van der Waals surface area contributed by atoms with Gasteiger partial charge in [-0.25, -0.2) is 4.79 Å². The Morgan fingerprint density at radius 2 is 2.24 bits per heavy atom. The van der Waals surface area contributed by atoms with Gasteiger partial charge in [0.25, 0.3) is 0 Å². The maximum absolute atomic E-state index is 11.7. The fourth-order valence-electron chi connectivity index (χ4n) is 1.66. The maximum atomic E-state index is 11.7. The second-order valence-electron chi connectivity index (χ2n) is 3.50. The summed E-state index contributed by atoms with van der Waals surface area (Å²) in [6.07, 6.45) is 1.72. The van der Waals surface area contributed by atoms with Crippen molar-refractivity contribution in [3.63, 3.8) is 0 Å². The highest BCUT2D eigenvalue weighted by Gasteiger charge is 2.14. The largest absolute Gasteiger partial charge is 0.462 e. The summed E-state index contributed by atoms with van der Waals surface area (Å²) in [5.41, 5.74) is 2.19. The molecule has 0 bridgehead atoms. The van der Waals surface area contributed by atoms with Gasteiger partial charge >= 0.3 is 5.97 Å². The average Bonchev–Trinajstić information content (AvgIpc) is 2.36. The van der Waals surface area contributed by atoms with E-state index in [0.717, 1.165) is 17.4 Å². The molecule has 1 aromatic rings. The zero-order valence-corrected chi connectivity index (χ0v) is 10.5. The summed E-state index contributed by atoms with van der Waals surface area (Å²) in [5.74, 6) is -0.0399. The predicted molar refractivity (Wildman–Crippen MR) is 66.3 cm³/mol. The molecule has 0 aliphatic rings. The van der Waals surface area contributed by atoms with Gasteiger partial charge in [-0.05, 0) is 30.5 Å². The number of carbonyl (C=O) groups is 2. The monoisotopic (exact) mass is 254 g/mol. The van der Waals surface area contributed by atoms with Crippen LogP contribution in [0.25, 0.3) is 0 Å². The molecule has 0 spiro atoms. The van der Waals surface area contributed by atoms with E-state index < -0.39 is 0 Å². The molecule has 4 heteroatoms. The van der Waals surface area contributed by atoms with Crippen LogP contribution >= 0.6 is 11.6 Å². The van der Waals surface area contributed by atoms with E-state index in [1.807, 2.05) is 6.07 Å². The van der Waals surface area contributed by atoms with Gasteiger partial charge in [-0.15, -0.1) is 11.6 Å². The molecule has 0 aliphatic heterocycles. The van der Waals surface area contributed by atoms with E-state index in [1.54, 1.807) is 19.1 Å². The summed E-state index contributed by atoms with van der Waals surface area (Å²) in [4.78, 5) is 22.2. The fourth-order valence-corrected chi connectivity index (χ4v) is 1.91. The van der Waals surface area contributed by atoms with Gasteiger partial charge in [0.15, 0.2) is 0 Å². The van der Waals surface area contributed by atoms with Crippen molar-refractivity contribution in [2.75, 3.05) is 6.61 Å². The molecule has 0 saturated carbocycles. The quantitative estimate of drug-likeness (QED) is 0.445. The van der Waals surface area contributed by atoms with Gasteiger partial charge in [0.1, 0.15) is 6.29 Å². The summed E-state index contributed by atoms with van der Waals surface area (Å²) in [6, 6.07) is 5.33. The number of aldehydes is 1. The third-order valence-corrected chi connectivity index (χ3v) is 2.71. The number of rotatable bonds is 6. The van der Waals surface area contributed by atoms with E-state index in [9.17, 15) is 9.59 Å². The highest BCUT2D eigenvalue weighted by molar-refractivity contribution is 6.17. The lowest BCUT2D eigenvalue weighted by Gasteiger charge is -2.11. The van der Waals surface area contributed by atoms with Crippen molar-refractivity contribution in [3.8, 4) is 0 Å². The molecule has 0 amide bonds. The van der Waals surface area contributed by atoms with E-state index in [1.165, 1.54) is 0 Å². The Bertz CT molecular complexity index is 402. The molecular weight excluding hydrogens is 240 g/mol. The molecule has 1 rings (SSSR count). The molecule has 0 aromatic heterocycles. The van der Waals surface area contributed by atoms with Crippen molar-refractivity contribution in [1.82, 2.24) is 0 Å². The van der Waals surface area contributed by atoms with Crippen LogP contribution in [0.5, 0.6) is 0 Å². The SMILES string of the molecule is CCOC(=O)c1cccc(CCl)c1CCC=O. The zero-order chi connectivity index (χ0) is 12.7. The van der Waals surface area contributed by atoms with E-state index in [2.05, 4.69) is 0 Å². The van der Waals surface area contributed by atoms with Crippen LogP contribution in [0.15, 0.2) is 18.2 Å². The molecule has 0 atom stereocenters.